The van der Waals surface area contributed by atoms with Crippen molar-refractivity contribution in [2.75, 3.05) is 0 Å². The van der Waals surface area contributed by atoms with Crippen LogP contribution in [0.1, 0.15) is 124 Å². The zero-order chi connectivity index (χ0) is 23.4. The van der Waals surface area contributed by atoms with Gasteiger partial charge in [0.2, 0.25) is 0 Å². The van der Waals surface area contributed by atoms with Crippen molar-refractivity contribution in [1.29, 1.82) is 0 Å². The van der Waals surface area contributed by atoms with Gasteiger partial charge in [-0.15, -0.1) is 0 Å². The quantitative estimate of drug-likeness (QED) is 0.122. The van der Waals surface area contributed by atoms with Gasteiger partial charge in [-0.1, -0.05) is 116 Å². The fraction of sp³-hybridized carbons (Fsp3) is 0.714. The number of carbonyl (C=O) groups excluding carboxylic acids is 2. The molecular weight excluding hydrogens is 400 g/mol. The average molecular weight is 447 g/mol. The Balaban J connectivity index is 2.33. The van der Waals surface area contributed by atoms with Crippen molar-refractivity contribution in [3.8, 4) is 11.5 Å². The summed E-state index contributed by atoms with van der Waals surface area (Å²) in [6.07, 6.45) is 17.9. The number of benzene rings is 1. The Morgan fingerprint density at radius 2 is 1.16 bits per heavy atom. The summed E-state index contributed by atoms with van der Waals surface area (Å²) in [5, 5.41) is 0. The fourth-order valence-corrected chi connectivity index (χ4v) is 3.75. The van der Waals surface area contributed by atoms with Crippen LogP contribution in [0.25, 0.3) is 0 Å². The normalized spacial score (nSPS) is 11.8. The van der Waals surface area contributed by atoms with Crippen molar-refractivity contribution in [2.45, 2.75) is 124 Å². The summed E-state index contributed by atoms with van der Waals surface area (Å²) < 4.78 is 11.1. The lowest BCUT2D eigenvalue weighted by Gasteiger charge is -2.14. The zero-order valence-electron chi connectivity index (χ0n) is 20.8. The van der Waals surface area contributed by atoms with E-state index in [4.69, 9.17) is 9.47 Å². The number of carbonyl (C=O) groups is 2. The Labute approximate surface area is 196 Å². The number of para-hydroxylation sites is 2. The fourth-order valence-electron chi connectivity index (χ4n) is 3.75. The lowest BCUT2D eigenvalue weighted by Crippen LogP contribution is -2.18. The van der Waals surface area contributed by atoms with Gasteiger partial charge < -0.3 is 9.47 Å². The molecule has 1 rings (SSSR count). The van der Waals surface area contributed by atoms with Crippen LogP contribution in [-0.4, -0.2) is 11.9 Å². The van der Waals surface area contributed by atoms with Gasteiger partial charge >= 0.3 is 11.9 Å². The summed E-state index contributed by atoms with van der Waals surface area (Å²) in [4.78, 5) is 24.7. The van der Waals surface area contributed by atoms with Gasteiger partial charge in [-0.2, -0.15) is 0 Å². The van der Waals surface area contributed by atoms with Crippen molar-refractivity contribution in [3.63, 3.8) is 0 Å². The molecule has 0 saturated carbocycles. The molecule has 4 heteroatoms. The standard InChI is InChI=1S/C28H46O4/c1-4-6-8-10-12-13-15-17-23-27(29)31-25-21-18-19-22-26(25)32-28(30)24(3)20-16-14-11-9-7-5-2/h18-19,21-22,24H,4-17,20,23H2,1-3H3. The topological polar surface area (TPSA) is 52.6 Å². The minimum atomic E-state index is -0.264. The summed E-state index contributed by atoms with van der Waals surface area (Å²) in [5.41, 5.74) is 0. The third-order valence-corrected chi connectivity index (χ3v) is 5.91. The lowest BCUT2D eigenvalue weighted by atomic mass is 10.0. The van der Waals surface area contributed by atoms with Crippen molar-refractivity contribution in [3.05, 3.63) is 24.3 Å². The summed E-state index contributed by atoms with van der Waals surface area (Å²) in [6, 6.07) is 6.95. The molecule has 0 aliphatic heterocycles. The first-order valence-electron chi connectivity index (χ1n) is 13.1. The van der Waals surface area contributed by atoms with E-state index < -0.39 is 0 Å². The molecule has 0 fully saturated rings. The Morgan fingerprint density at radius 1 is 0.688 bits per heavy atom. The molecule has 1 aromatic rings. The molecule has 0 aliphatic carbocycles. The molecular formula is C28H46O4. The monoisotopic (exact) mass is 446 g/mol. The van der Waals surface area contributed by atoms with Crippen LogP contribution in [0.2, 0.25) is 0 Å². The maximum Gasteiger partial charge on any atom is 0.314 e. The molecule has 32 heavy (non-hydrogen) atoms. The molecule has 0 radical (unpaired) electrons. The molecule has 0 aromatic heterocycles. The van der Waals surface area contributed by atoms with Crippen LogP contribution in [0.4, 0.5) is 0 Å². The summed E-state index contributed by atoms with van der Waals surface area (Å²) in [5.74, 6) is -0.0271. The van der Waals surface area contributed by atoms with Crippen molar-refractivity contribution >= 4 is 11.9 Å². The molecule has 0 heterocycles. The minimum Gasteiger partial charge on any atom is -0.423 e. The van der Waals surface area contributed by atoms with E-state index >= 15 is 0 Å². The van der Waals surface area contributed by atoms with Gasteiger partial charge in [0.05, 0.1) is 5.92 Å². The summed E-state index contributed by atoms with van der Waals surface area (Å²) in [6.45, 7) is 6.34. The van der Waals surface area contributed by atoms with Gasteiger partial charge in [-0.3, -0.25) is 9.59 Å². The van der Waals surface area contributed by atoms with Gasteiger partial charge in [-0.05, 0) is 25.0 Å². The van der Waals surface area contributed by atoms with Crippen LogP contribution in [0.5, 0.6) is 11.5 Å². The summed E-state index contributed by atoms with van der Waals surface area (Å²) >= 11 is 0. The third-order valence-electron chi connectivity index (χ3n) is 5.91. The average Bonchev–Trinajstić information content (AvgIpc) is 2.79. The van der Waals surface area contributed by atoms with Crippen molar-refractivity contribution in [2.24, 2.45) is 5.92 Å². The number of rotatable bonds is 19. The van der Waals surface area contributed by atoms with E-state index in [9.17, 15) is 9.59 Å². The van der Waals surface area contributed by atoms with E-state index in [1.807, 2.05) is 6.92 Å². The summed E-state index contributed by atoms with van der Waals surface area (Å²) in [7, 11) is 0. The second-order valence-corrected chi connectivity index (χ2v) is 9.02. The Kier molecular flexibility index (Phi) is 16.5. The minimum absolute atomic E-state index is 0.165. The molecule has 1 atom stereocenters. The lowest BCUT2D eigenvalue weighted by molar-refractivity contribution is -0.140. The first-order chi connectivity index (χ1) is 15.6. The first-order valence-corrected chi connectivity index (χ1v) is 13.1. The number of hydrogen-bond acceptors (Lipinski definition) is 4. The SMILES string of the molecule is CCCCCCCCCCC(=O)Oc1ccccc1OC(=O)C(C)CCCCCCCC. The molecule has 182 valence electrons. The number of esters is 2. The molecule has 0 saturated heterocycles. The van der Waals surface area contributed by atoms with E-state index in [0.717, 1.165) is 32.1 Å². The Bertz CT molecular complexity index is 626. The molecule has 1 unspecified atom stereocenters. The van der Waals surface area contributed by atoms with Crippen LogP contribution in [0.3, 0.4) is 0 Å². The molecule has 0 bridgehead atoms. The largest absolute Gasteiger partial charge is 0.423 e. The number of hydrogen-bond donors (Lipinski definition) is 0. The Morgan fingerprint density at radius 3 is 1.72 bits per heavy atom. The highest BCUT2D eigenvalue weighted by Gasteiger charge is 2.18. The number of ether oxygens (including phenoxy) is 2. The van der Waals surface area contributed by atoms with E-state index in [1.165, 1.54) is 64.2 Å². The zero-order valence-corrected chi connectivity index (χ0v) is 20.8. The van der Waals surface area contributed by atoms with E-state index in [0.29, 0.717) is 17.9 Å². The molecule has 0 N–H and O–H groups in total. The third kappa shape index (κ3) is 13.5. The first kappa shape index (κ1) is 28.2. The van der Waals surface area contributed by atoms with E-state index in [2.05, 4.69) is 13.8 Å². The Hall–Kier alpha value is -1.84. The highest BCUT2D eigenvalue weighted by molar-refractivity contribution is 5.77. The highest BCUT2D eigenvalue weighted by Crippen LogP contribution is 2.28. The van der Waals surface area contributed by atoms with Crippen molar-refractivity contribution < 1.29 is 19.1 Å². The van der Waals surface area contributed by atoms with Gasteiger partial charge in [0.25, 0.3) is 0 Å². The molecule has 4 nitrogen and oxygen atoms in total. The highest BCUT2D eigenvalue weighted by atomic mass is 16.6. The van der Waals surface area contributed by atoms with Gasteiger partial charge in [-0.25, -0.2) is 0 Å². The van der Waals surface area contributed by atoms with Crippen LogP contribution >= 0.6 is 0 Å². The van der Waals surface area contributed by atoms with Crippen LogP contribution in [0, 0.1) is 5.92 Å². The molecule has 0 aliphatic rings. The second-order valence-electron chi connectivity index (χ2n) is 9.02. The maximum atomic E-state index is 12.5. The van der Waals surface area contributed by atoms with Gasteiger partial charge in [0, 0.05) is 6.42 Å². The van der Waals surface area contributed by atoms with Gasteiger partial charge in [0.1, 0.15) is 0 Å². The predicted molar refractivity (Wildman–Crippen MR) is 132 cm³/mol. The van der Waals surface area contributed by atoms with Crippen molar-refractivity contribution in [1.82, 2.24) is 0 Å². The van der Waals surface area contributed by atoms with Crippen LogP contribution in [0.15, 0.2) is 24.3 Å². The molecule has 1 aromatic carbocycles. The predicted octanol–water partition coefficient (Wildman–Crippen LogP) is 8.41. The van der Waals surface area contributed by atoms with E-state index in [-0.39, 0.29) is 17.9 Å². The second kappa shape index (κ2) is 18.7. The molecule has 0 spiro atoms. The maximum absolute atomic E-state index is 12.5. The van der Waals surface area contributed by atoms with Crippen LogP contribution < -0.4 is 9.47 Å². The van der Waals surface area contributed by atoms with E-state index in [1.54, 1.807) is 24.3 Å². The molecule has 0 amide bonds. The van der Waals surface area contributed by atoms with Crippen LogP contribution in [-0.2, 0) is 9.59 Å². The van der Waals surface area contributed by atoms with Gasteiger partial charge in [0.15, 0.2) is 11.5 Å². The smallest absolute Gasteiger partial charge is 0.314 e. The number of unbranched alkanes of at least 4 members (excludes halogenated alkanes) is 12.